The average Bonchev–Trinajstić information content (AvgIpc) is 2.69. The number of alkyl halides is 6. The lowest BCUT2D eigenvalue weighted by molar-refractivity contribution is -0.0546. The fourth-order valence-corrected chi connectivity index (χ4v) is 6.79. The standard InChI is InChI=1S/C14H14F6O3S2/c1-8(2)10-4-5-11-6-9(3)24(12(11)7-10,13(15,16)17)23-25(21,22)14(18,19)20/h4-8H,1-3H3. The molecule has 0 amide bonds. The summed E-state index contributed by atoms with van der Waals surface area (Å²) in [6.45, 7) is 4.30. The van der Waals surface area contributed by atoms with Crippen LogP contribution in [0.2, 0.25) is 0 Å². The highest BCUT2D eigenvalue weighted by atomic mass is 32.3. The molecule has 1 aliphatic heterocycles. The minimum atomic E-state index is -6.46. The SMILES string of the molecule is CC1=Cc2ccc(C(C)C)cc2S1(OS(=O)(=O)C(F)(F)F)C(F)(F)F. The molecule has 3 nitrogen and oxygen atoms in total. The van der Waals surface area contributed by atoms with Crippen LogP contribution in [0.4, 0.5) is 26.3 Å². The predicted molar refractivity (Wildman–Crippen MR) is 82.2 cm³/mol. The van der Waals surface area contributed by atoms with Crippen molar-refractivity contribution in [2.24, 2.45) is 0 Å². The summed E-state index contributed by atoms with van der Waals surface area (Å²) in [5.74, 6) is -0.212. The second-order valence-corrected chi connectivity index (χ2v) is 10.3. The van der Waals surface area contributed by atoms with Crippen molar-refractivity contribution in [1.29, 1.82) is 0 Å². The summed E-state index contributed by atoms with van der Waals surface area (Å²) < 4.78 is 106. The molecule has 0 saturated carbocycles. The quantitative estimate of drug-likeness (QED) is 0.480. The number of hydrogen-bond donors (Lipinski definition) is 0. The number of halogens is 6. The van der Waals surface area contributed by atoms with E-state index in [2.05, 4.69) is 3.63 Å². The summed E-state index contributed by atoms with van der Waals surface area (Å²) in [4.78, 5) is -1.19. The van der Waals surface area contributed by atoms with Crippen LogP contribution in [0.5, 0.6) is 0 Å². The Morgan fingerprint density at radius 2 is 1.64 bits per heavy atom. The van der Waals surface area contributed by atoms with Crippen LogP contribution in [0, 0.1) is 0 Å². The third-order valence-corrected chi connectivity index (χ3v) is 8.38. The zero-order chi connectivity index (χ0) is 19.4. The van der Waals surface area contributed by atoms with Crippen molar-refractivity contribution < 1.29 is 38.4 Å². The van der Waals surface area contributed by atoms with Gasteiger partial charge < -0.3 is 0 Å². The highest BCUT2D eigenvalue weighted by Crippen LogP contribution is 2.78. The molecule has 1 atom stereocenters. The molecule has 0 radical (unpaired) electrons. The first-order chi connectivity index (χ1) is 11.1. The first kappa shape index (κ1) is 20.1. The molecule has 0 saturated heterocycles. The Balaban J connectivity index is 2.77. The van der Waals surface area contributed by atoms with Crippen molar-refractivity contribution in [3.05, 3.63) is 34.2 Å². The van der Waals surface area contributed by atoms with E-state index in [4.69, 9.17) is 0 Å². The zero-order valence-electron chi connectivity index (χ0n) is 13.2. The van der Waals surface area contributed by atoms with Crippen molar-refractivity contribution >= 4 is 26.5 Å². The van der Waals surface area contributed by atoms with Gasteiger partial charge in [-0.05, 0) is 36.1 Å². The molecule has 0 N–H and O–H groups in total. The molecule has 0 spiro atoms. The van der Waals surface area contributed by atoms with Crippen LogP contribution >= 0.6 is 10.3 Å². The summed E-state index contributed by atoms with van der Waals surface area (Å²) >= 11 is 0. The second-order valence-electron chi connectivity index (χ2n) is 5.68. The lowest BCUT2D eigenvalue weighted by Crippen LogP contribution is -2.32. The molecule has 1 aliphatic rings. The van der Waals surface area contributed by atoms with E-state index in [9.17, 15) is 34.8 Å². The van der Waals surface area contributed by atoms with Gasteiger partial charge in [0.15, 0.2) is 0 Å². The fraction of sp³-hybridized carbons (Fsp3) is 0.429. The first-order valence-electron chi connectivity index (χ1n) is 6.88. The Bertz CT molecular complexity index is 824. The van der Waals surface area contributed by atoms with Crippen molar-refractivity contribution in [2.75, 3.05) is 0 Å². The van der Waals surface area contributed by atoms with Crippen LogP contribution in [0.3, 0.4) is 0 Å². The van der Waals surface area contributed by atoms with E-state index in [1.165, 1.54) is 12.1 Å². The number of allylic oxidation sites excluding steroid dienone is 1. The summed E-state index contributed by atoms with van der Waals surface area (Å²) in [6, 6.07) is 3.93. The number of rotatable bonds is 3. The molecule has 1 aromatic carbocycles. The smallest absolute Gasteiger partial charge is 0.196 e. The molecule has 0 aliphatic carbocycles. The monoisotopic (exact) mass is 408 g/mol. The molecule has 0 aromatic heterocycles. The third kappa shape index (κ3) is 3.17. The topological polar surface area (TPSA) is 43.4 Å². The van der Waals surface area contributed by atoms with E-state index in [0.717, 1.165) is 19.1 Å². The number of hydrogen-bond acceptors (Lipinski definition) is 3. The summed E-state index contributed by atoms with van der Waals surface area (Å²) in [5.41, 5.74) is -10.9. The molecule has 1 unspecified atom stereocenters. The summed E-state index contributed by atoms with van der Waals surface area (Å²) in [5, 5.41) is 0. The normalized spacial score (nSPS) is 24.0. The van der Waals surface area contributed by atoms with Gasteiger partial charge >= 0.3 is 21.1 Å². The van der Waals surface area contributed by atoms with Crippen LogP contribution < -0.4 is 0 Å². The van der Waals surface area contributed by atoms with Gasteiger partial charge in [-0.1, -0.05) is 26.0 Å². The molecular formula is C14H14F6O3S2. The minimum absolute atomic E-state index is 0.00778. The second kappa shape index (κ2) is 5.92. The Kier molecular flexibility index (Phi) is 4.76. The molecular weight excluding hydrogens is 394 g/mol. The van der Waals surface area contributed by atoms with E-state index >= 15 is 0 Å². The molecule has 25 heavy (non-hydrogen) atoms. The van der Waals surface area contributed by atoms with Crippen LogP contribution in [0.25, 0.3) is 6.08 Å². The summed E-state index contributed by atoms with van der Waals surface area (Å²) in [6.07, 6.45) is 1.01. The van der Waals surface area contributed by atoms with Gasteiger partial charge in [-0.3, -0.25) is 0 Å². The Morgan fingerprint density at radius 3 is 2.08 bits per heavy atom. The van der Waals surface area contributed by atoms with Crippen LogP contribution in [-0.4, -0.2) is 19.4 Å². The summed E-state index contributed by atoms with van der Waals surface area (Å²) in [7, 11) is -11.3. The Labute approximate surface area is 142 Å². The van der Waals surface area contributed by atoms with Gasteiger partial charge in [0.05, 0.1) is 0 Å². The predicted octanol–water partition coefficient (Wildman–Crippen LogP) is 5.65. The van der Waals surface area contributed by atoms with E-state index in [-0.39, 0.29) is 11.5 Å². The lowest BCUT2D eigenvalue weighted by atomic mass is 10.0. The molecule has 0 fully saturated rings. The molecule has 1 heterocycles. The fourth-order valence-electron chi connectivity index (χ4n) is 2.36. The van der Waals surface area contributed by atoms with Crippen molar-refractivity contribution in [3.8, 4) is 0 Å². The largest absolute Gasteiger partial charge is 0.523 e. The highest BCUT2D eigenvalue weighted by Gasteiger charge is 2.63. The maximum atomic E-state index is 13.8. The van der Waals surface area contributed by atoms with Crippen LogP contribution in [0.1, 0.15) is 37.8 Å². The van der Waals surface area contributed by atoms with Gasteiger partial charge in [-0.15, -0.1) is 0 Å². The van der Waals surface area contributed by atoms with E-state index in [1.807, 2.05) is 0 Å². The van der Waals surface area contributed by atoms with Crippen molar-refractivity contribution in [3.63, 3.8) is 0 Å². The van der Waals surface area contributed by atoms with Crippen molar-refractivity contribution in [2.45, 2.75) is 42.6 Å². The maximum absolute atomic E-state index is 13.8. The van der Waals surface area contributed by atoms with E-state index in [1.54, 1.807) is 13.8 Å². The average molecular weight is 408 g/mol. The molecule has 142 valence electrons. The first-order valence-corrected chi connectivity index (χ1v) is 9.84. The number of fused-ring (bicyclic) bond motifs is 1. The van der Waals surface area contributed by atoms with Crippen LogP contribution in [0.15, 0.2) is 28.0 Å². The van der Waals surface area contributed by atoms with Gasteiger partial charge in [0, 0.05) is 20.1 Å². The minimum Gasteiger partial charge on any atom is -0.196 e. The zero-order valence-corrected chi connectivity index (χ0v) is 14.8. The van der Waals surface area contributed by atoms with E-state index in [0.29, 0.717) is 5.56 Å². The van der Waals surface area contributed by atoms with E-state index < -0.39 is 41.2 Å². The third-order valence-electron chi connectivity index (χ3n) is 3.63. The Hall–Kier alpha value is -1.20. The van der Waals surface area contributed by atoms with Gasteiger partial charge in [0.2, 0.25) is 0 Å². The van der Waals surface area contributed by atoms with Gasteiger partial charge in [0.25, 0.3) is 0 Å². The Morgan fingerprint density at radius 1 is 1.08 bits per heavy atom. The van der Waals surface area contributed by atoms with Crippen molar-refractivity contribution in [1.82, 2.24) is 0 Å². The van der Waals surface area contributed by atoms with Gasteiger partial charge in [-0.2, -0.15) is 38.4 Å². The van der Waals surface area contributed by atoms with Gasteiger partial charge in [-0.25, -0.2) is 0 Å². The molecule has 11 heteroatoms. The molecule has 2 rings (SSSR count). The lowest BCUT2D eigenvalue weighted by Gasteiger charge is -2.38. The highest BCUT2D eigenvalue weighted by molar-refractivity contribution is 8.36. The van der Waals surface area contributed by atoms with Crippen LogP contribution in [-0.2, 0) is 13.7 Å². The maximum Gasteiger partial charge on any atom is 0.523 e. The van der Waals surface area contributed by atoms with Gasteiger partial charge in [0.1, 0.15) is 0 Å². The molecule has 1 aromatic rings. The molecule has 0 bridgehead atoms. The number of benzene rings is 1.